The molecular weight excluding hydrogens is 415 g/mol. The van der Waals surface area contributed by atoms with Crippen LogP contribution >= 0.6 is 11.6 Å². The van der Waals surface area contributed by atoms with Crippen LogP contribution in [0.25, 0.3) is 0 Å². The summed E-state index contributed by atoms with van der Waals surface area (Å²) in [5, 5.41) is 0.201. The minimum atomic E-state index is -0.320. The highest BCUT2D eigenvalue weighted by atomic mass is 35.5. The summed E-state index contributed by atoms with van der Waals surface area (Å²) in [5.74, 6) is 3.43. The van der Waals surface area contributed by atoms with Crippen molar-refractivity contribution in [2.75, 3.05) is 0 Å². The van der Waals surface area contributed by atoms with Gasteiger partial charge < -0.3 is 0 Å². The molecule has 2 aliphatic rings. The van der Waals surface area contributed by atoms with Crippen LogP contribution in [0.2, 0.25) is 5.02 Å². The van der Waals surface area contributed by atoms with E-state index >= 15 is 0 Å². The Morgan fingerprint density at radius 2 is 1.25 bits per heavy atom. The van der Waals surface area contributed by atoms with Crippen molar-refractivity contribution in [2.45, 2.75) is 96.3 Å². The standard InChI is InChI=1S/C30H40ClF/c1-2-22-3-5-23(6-4-22)7-8-24-11-16-27(17-12-24)28-18-13-25(14-19-28)9-10-26-15-20-29(31)30(32)21-26/h13-15,18-24,27H,2-12,16-17H2,1H3/t22-,23-,24?,27?. The van der Waals surface area contributed by atoms with Crippen molar-refractivity contribution in [3.8, 4) is 0 Å². The van der Waals surface area contributed by atoms with E-state index < -0.39 is 0 Å². The zero-order valence-corrected chi connectivity index (χ0v) is 20.6. The lowest BCUT2D eigenvalue weighted by molar-refractivity contribution is 0.227. The van der Waals surface area contributed by atoms with Crippen molar-refractivity contribution in [3.05, 3.63) is 70.0 Å². The van der Waals surface area contributed by atoms with Gasteiger partial charge in [-0.1, -0.05) is 93.8 Å². The Morgan fingerprint density at radius 1 is 0.719 bits per heavy atom. The fourth-order valence-corrected chi connectivity index (χ4v) is 6.24. The normalized spacial score (nSPS) is 26.2. The number of halogens is 2. The second kappa shape index (κ2) is 11.7. The number of aryl methyl sites for hydroxylation is 2. The second-order valence-electron chi connectivity index (χ2n) is 10.6. The quantitative estimate of drug-likeness (QED) is 0.372. The zero-order chi connectivity index (χ0) is 22.3. The van der Waals surface area contributed by atoms with E-state index in [1.807, 2.05) is 6.07 Å². The van der Waals surface area contributed by atoms with Crippen molar-refractivity contribution in [1.29, 1.82) is 0 Å². The van der Waals surface area contributed by atoms with E-state index in [4.69, 9.17) is 11.6 Å². The smallest absolute Gasteiger partial charge is 0.142 e. The highest BCUT2D eigenvalue weighted by Gasteiger charge is 2.25. The van der Waals surface area contributed by atoms with Gasteiger partial charge in [-0.2, -0.15) is 0 Å². The largest absolute Gasteiger partial charge is 0.205 e. The van der Waals surface area contributed by atoms with E-state index in [0.717, 1.165) is 42.1 Å². The van der Waals surface area contributed by atoms with E-state index in [1.165, 1.54) is 81.8 Å². The molecule has 0 spiro atoms. The molecular formula is C30H40ClF. The second-order valence-corrected chi connectivity index (χ2v) is 11.0. The zero-order valence-electron chi connectivity index (χ0n) is 19.8. The fourth-order valence-electron chi connectivity index (χ4n) is 6.12. The monoisotopic (exact) mass is 454 g/mol. The van der Waals surface area contributed by atoms with Crippen LogP contribution < -0.4 is 0 Å². The minimum absolute atomic E-state index is 0.201. The number of benzene rings is 2. The van der Waals surface area contributed by atoms with Crippen molar-refractivity contribution in [3.63, 3.8) is 0 Å². The molecule has 2 saturated carbocycles. The third-order valence-corrected chi connectivity index (χ3v) is 8.82. The summed E-state index contributed by atoms with van der Waals surface area (Å²) in [7, 11) is 0. The van der Waals surface area contributed by atoms with Gasteiger partial charge in [0, 0.05) is 0 Å². The van der Waals surface area contributed by atoms with Crippen LogP contribution in [0, 0.1) is 23.6 Å². The van der Waals surface area contributed by atoms with Gasteiger partial charge in [-0.3, -0.25) is 0 Å². The Balaban J connectivity index is 1.18. The van der Waals surface area contributed by atoms with E-state index in [-0.39, 0.29) is 10.8 Å². The van der Waals surface area contributed by atoms with Crippen molar-refractivity contribution >= 4 is 11.6 Å². The minimum Gasteiger partial charge on any atom is -0.205 e. The van der Waals surface area contributed by atoms with Gasteiger partial charge >= 0.3 is 0 Å². The third-order valence-electron chi connectivity index (χ3n) is 8.51. The van der Waals surface area contributed by atoms with Gasteiger partial charge in [0.05, 0.1) is 5.02 Å². The Labute approximate surface area is 200 Å². The number of hydrogen-bond donors (Lipinski definition) is 0. The molecule has 4 rings (SSSR count). The lowest BCUT2D eigenvalue weighted by atomic mass is 9.74. The summed E-state index contributed by atoms with van der Waals surface area (Å²) in [6.07, 6.45) is 17.6. The first kappa shape index (κ1) is 23.8. The molecule has 2 aliphatic carbocycles. The average molecular weight is 455 g/mol. The molecule has 2 aromatic rings. The number of rotatable bonds is 8. The van der Waals surface area contributed by atoms with Crippen LogP contribution in [0.4, 0.5) is 4.39 Å². The van der Waals surface area contributed by atoms with Crippen LogP contribution in [0.1, 0.15) is 100 Å². The van der Waals surface area contributed by atoms with Crippen LogP contribution in [0.5, 0.6) is 0 Å². The lowest BCUT2D eigenvalue weighted by Gasteiger charge is -2.32. The molecule has 0 amide bonds. The molecule has 0 unspecified atom stereocenters. The predicted octanol–water partition coefficient (Wildman–Crippen LogP) is 9.53. The Morgan fingerprint density at radius 3 is 1.84 bits per heavy atom. The van der Waals surface area contributed by atoms with Gasteiger partial charge in [0.1, 0.15) is 5.82 Å². The molecule has 0 atom stereocenters. The molecule has 0 radical (unpaired) electrons. The lowest BCUT2D eigenvalue weighted by Crippen LogP contribution is -2.17. The summed E-state index contributed by atoms with van der Waals surface area (Å²) in [5.41, 5.74) is 3.85. The summed E-state index contributed by atoms with van der Waals surface area (Å²) >= 11 is 5.79. The molecule has 0 saturated heterocycles. The van der Waals surface area contributed by atoms with Gasteiger partial charge in [-0.15, -0.1) is 0 Å². The maximum Gasteiger partial charge on any atom is 0.142 e. The molecule has 2 aromatic carbocycles. The van der Waals surface area contributed by atoms with Gasteiger partial charge in [-0.25, -0.2) is 4.39 Å². The molecule has 0 aromatic heterocycles. The fraction of sp³-hybridized carbons (Fsp3) is 0.600. The molecule has 0 N–H and O–H groups in total. The molecule has 0 bridgehead atoms. The van der Waals surface area contributed by atoms with Crippen molar-refractivity contribution in [2.24, 2.45) is 17.8 Å². The van der Waals surface area contributed by atoms with E-state index in [0.29, 0.717) is 0 Å². The van der Waals surface area contributed by atoms with Crippen molar-refractivity contribution < 1.29 is 4.39 Å². The molecule has 0 heterocycles. The van der Waals surface area contributed by atoms with Crippen LogP contribution in [0.15, 0.2) is 42.5 Å². The summed E-state index contributed by atoms with van der Waals surface area (Å²) in [6.45, 7) is 2.36. The van der Waals surface area contributed by atoms with E-state index in [1.54, 1.807) is 12.1 Å². The Bertz CT molecular complexity index is 826. The average Bonchev–Trinajstić information content (AvgIpc) is 2.84. The molecule has 32 heavy (non-hydrogen) atoms. The summed E-state index contributed by atoms with van der Waals surface area (Å²) < 4.78 is 13.6. The highest BCUT2D eigenvalue weighted by Crippen LogP contribution is 2.40. The topological polar surface area (TPSA) is 0 Å². The highest BCUT2D eigenvalue weighted by molar-refractivity contribution is 6.30. The molecule has 2 heteroatoms. The predicted molar refractivity (Wildman–Crippen MR) is 135 cm³/mol. The molecule has 174 valence electrons. The maximum atomic E-state index is 13.6. The maximum absolute atomic E-state index is 13.6. The van der Waals surface area contributed by atoms with Crippen LogP contribution in [-0.2, 0) is 12.8 Å². The molecule has 0 aliphatic heterocycles. The third kappa shape index (κ3) is 6.60. The summed E-state index contributed by atoms with van der Waals surface area (Å²) in [4.78, 5) is 0. The van der Waals surface area contributed by atoms with Crippen LogP contribution in [0.3, 0.4) is 0 Å². The number of hydrogen-bond acceptors (Lipinski definition) is 0. The van der Waals surface area contributed by atoms with Crippen LogP contribution in [-0.4, -0.2) is 0 Å². The van der Waals surface area contributed by atoms with E-state index in [2.05, 4.69) is 31.2 Å². The van der Waals surface area contributed by atoms with Crippen molar-refractivity contribution in [1.82, 2.24) is 0 Å². The van der Waals surface area contributed by atoms with Gasteiger partial charge in [0.25, 0.3) is 0 Å². The van der Waals surface area contributed by atoms with Gasteiger partial charge in [0.15, 0.2) is 0 Å². The first-order valence-electron chi connectivity index (χ1n) is 13.1. The van der Waals surface area contributed by atoms with Gasteiger partial charge in [-0.05, 0) is 91.0 Å². The molecule has 2 fully saturated rings. The molecule has 0 nitrogen and oxygen atoms in total. The first-order chi connectivity index (χ1) is 15.6. The van der Waals surface area contributed by atoms with Gasteiger partial charge in [0.2, 0.25) is 0 Å². The Kier molecular flexibility index (Phi) is 8.69. The summed E-state index contributed by atoms with van der Waals surface area (Å²) in [6, 6.07) is 14.4. The Hall–Kier alpha value is -1.34. The van der Waals surface area contributed by atoms with E-state index in [9.17, 15) is 4.39 Å². The first-order valence-corrected chi connectivity index (χ1v) is 13.5. The SMILES string of the molecule is CC[C@H]1CC[C@H](CCC2CCC(c3ccc(CCc4ccc(Cl)c(F)c4)cc3)CC2)CC1.